The number of aliphatic hydroxyl groups is 1. The molecule has 0 atom stereocenters. The lowest BCUT2D eigenvalue weighted by Gasteiger charge is -2.11. The largest absolute Gasteiger partial charge is 0.506 e. The van der Waals surface area contributed by atoms with E-state index in [1.807, 2.05) is 0 Å². The van der Waals surface area contributed by atoms with Crippen LogP contribution in [0.15, 0.2) is 33.5 Å². The quantitative estimate of drug-likeness (QED) is 0.695. The first-order chi connectivity index (χ1) is 10.0. The maximum Gasteiger partial charge on any atom is 0.294 e. The van der Waals surface area contributed by atoms with E-state index in [1.165, 1.54) is 19.3 Å². The zero-order chi connectivity index (χ0) is 15.1. The first kappa shape index (κ1) is 13.2. The maximum absolute atomic E-state index is 12.2. The lowest BCUT2D eigenvalue weighted by molar-refractivity contribution is 0.314. The number of nitrogens with one attached hydrogen (secondary N) is 1. The third-order valence-corrected chi connectivity index (χ3v) is 3.52. The van der Waals surface area contributed by atoms with Gasteiger partial charge in [-0.25, -0.2) is 9.67 Å². The number of nitrogen functional groups attached to an aromatic ring is 1. The number of methoxy groups -OCH3 is 1. The van der Waals surface area contributed by atoms with E-state index >= 15 is 0 Å². The minimum absolute atomic E-state index is 0.0398. The average Bonchev–Trinajstić information content (AvgIpc) is 3.01. The average molecular weight is 289 g/mol. The maximum atomic E-state index is 12.2. The molecule has 110 valence electrons. The van der Waals surface area contributed by atoms with Gasteiger partial charge in [0.05, 0.1) is 12.8 Å². The van der Waals surface area contributed by atoms with Crippen molar-refractivity contribution in [2.24, 2.45) is 4.99 Å². The molecule has 0 spiro atoms. The van der Waals surface area contributed by atoms with E-state index in [9.17, 15) is 9.90 Å². The number of allylic oxidation sites excluding steroid dienone is 2. The van der Waals surface area contributed by atoms with Crippen molar-refractivity contribution in [3.63, 3.8) is 0 Å². The SMILES string of the molecule is COC1=CC(=Nc2c(N)n3n(c2=O)CCC3)C(O)=CC1=N. The molecule has 1 aliphatic heterocycles. The van der Waals surface area contributed by atoms with E-state index in [2.05, 4.69) is 4.99 Å². The molecule has 2 aliphatic rings. The molecule has 0 fully saturated rings. The van der Waals surface area contributed by atoms with E-state index in [4.69, 9.17) is 15.9 Å². The summed E-state index contributed by atoms with van der Waals surface area (Å²) in [7, 11) is 1.42. The van der Waals surface area contributed by atoms with Crippen LogP contribution in [0.1, 0.15) is 6.42 Å². The van der Waals surface area contributed by atoms with Crippen LogP contribution in [0.3, 0.4) is 0 Å². The molecule has 2 heterocycles. The van der Waals surface area contributed by atoms with Crippen molar-refractivity contribution in [1.82, 2.24) is 9.36 Å². The van der Waals surface area contributed by atoms with Crippen molar-refractivity contribution >= 4 is 22.9 Å². The third kappa shape index (κ3) is 1.95. The lowest BCUT2D eigenvalue weighted by Crippen LogP contribution is -2.17. The van der Waals surface area contributed by atoms with E-state index < -0.39 is 0 Å². The molecule has 0 amide bonds. The molecule has 0 saturated carbocycles. The Morgan fingerprint density at radius 1 is 1.38 bits per heavy atom. The number of nitrogens with two attached hydrogens (primary N) is 1. The van der Waals surface area contributed by atoms with E-state index in [0.29, 0.717) is 13.1 Å². The van der Waals surface area contributed by atoms with Gasteiger partial charge >= 0.3 is 0 Å². The van der Waals surface area contributed by atoms with Crippen molar-refractivity contribution in [3.05, 3.63) is 34.0 Å². The summed E-state index contributed by atoms with van der Waals surface area (Å²) in [6.45, 7) is 1.29. The van der Waals surface area contributed by atoms with E-state index in [-0.39, 0.29) is 40.0 Å². The van der Waals surface area contributed by atoms with Crippen molar-refractivity contribution in [2.75, 3.05) is 12.8 Å². The number of aliphatic hydroxyl groups excluding tert-OH is 1. The van der Waals surface area contributed by atoms with E-state index in [0.717, 1.165) is 6.42 Å². The van der Waals surface area contributed by atoms with Crippen LogP contribution < -0.4 is 11.3 Å². The highest BCUT2D eigenvalue weighted by Crippen LogP contribution is 2.24. The predicted octanol–water partition coefficient (Wildman–Crippen LogP) is 0.714. The highest BCUT2D eigenvalue weighted by molar-refractivity contribution is 6.21. The second kappa shape index (κ2) is 4.65. The number of rotatable bonds is 2. The monoisotopic (exact) mass is 289 g/mol. The second-order valence-electron chi connectivity index (χ2n) is 4.79. The number of nitrogens with zero attached hydrogens (tertiary/aromatic N) is 3. The van der Waals surface area contributed by atoms with Crippen molar-refractivity contribution in [2.45, 2.75) is 19.5 Å². The fraction of sp³-hybridized carbons (Fsp3) is 0.308. The Bertz CT molecular complexity index is 778. The molecule has 8 nitrogen and oxygen atoms in total. The molecule has 1 aliphatic carbocycles. The summed E-state index contributed by atoms with van der Waals surface area (Å²) in [6, 6.07) is 0. The summed E-state index contributed by atoms with van der Waals surface area (Å²) in [4.78, 5) is 16.4. The number of ether oxygens (including phenoxy) is 1. The second-order valence-corrected chi connectivity index (χ2v) is 4.79. The molecule has 21 heavy (non-hydrogen) atoms. The lowest BCUT2D eigenvalue weighted by atomic mass is 10.1. The van der Waals surface area contributed by atoms with Crippen LogP contribution in [-0.4, -0.2) is 33.0 Å². The van der Waals surface area contributed by atoms with Gasteiger partial charge in [0.1, 0.15) is 17.2 Å². The van der Waals surface area contributed by atoms with Crippen LogP contribution in [0, 0.1) is 5.41 Å². The summed E-state index contributed by atoms with van der Waals surface area (Å²) < 4.78 is 8.25. The number of hydrogen-bond acceptors (Lipinski definition) is 6. The van der Waals surface area contributed by atoms with Crippen LogP contribution >= 0.6 is 0 Å². The molecule has 3 rings (SSSR count). The van der Waals surface area contributed by atoms with Gasteiger partial charge in [0.15, 0.2) is 11.5 Å². The van der Waals surface area contributed by atoms with Gasteiger partial charge in [-0.3, -0.25) is 14.9 Å². The van der Waals surface area contributed by atoms with Crippen molar-refractivity contribution in [3.8, 4) is 0 Å². The van der Waals surface area contributed by atoms with Crippen LogP contribution in [0.4, 0.5) is 11.5 Å². The predicted molar refractivity (Wildman–Crippen MR) is 78.3 cm³/mol. The Morgan fingerprint density at radius 3 is 2.76 bits per heavy atom. The zero-order valence-electron chi connectivity index (χ0n) is 11.5. The zero-order valence-corrected chi connectivity index (χ0v) is 11.5. The molecule has 0 aromatic carbocycles. The number of aromatic nitrogens is 2. The van der Waals surface area contributed by atoms with Gasteiger partial charge in [-0.15, -0.1) is 0 Å². The molecule has 8 heteroatoms. The normalized spacial score (nSPS) is 19.5. The van der Waals surface area contributed by atoms with Crippen molar-refractivity contribution in [1.29, 1.82) is 5.41 Å². The van der Waals surface area contributed by atoms with E-state index in [1.54, 1.807) is 9.36 Å². The highest BCUT2D eigenvalue weighted by Gasteiger charge is 2.23. The Kier molecular flexibility index (Phi) is 2.93. The topological polar surface area (TPSA) is 119 Å². The molecular formula is C13H15N5O3. The summed E-state index contributed by atoms with van der Waals surface area (Å²) in [5, 5.41) is 17.5. The fourth-order valence-corrected chi connectivity index (χ4v) is 2.47. The van der Waals surface area contributed by atoms with Gasteiger partial charge in [-0.05, 0) is 6.42 Å². The van der Waals surface area contributed by atoms with Gasteiger partial charge in [0.25, 0.3) is 5.56 Å². The fourth-order valence-electron chi connectivity index (χ4n) is 2.47. The van der Waals surface area contributed by atoms with Crippen molar-refractivity contribution < 1.29 is 9.84 Å². The minimum Gasteiger partial charge on any atom is -0.506 e. The number of aliphatic imine (C=N–C) groups is 1. The number of hydrogen-bond donors (Lipinski definition) is 3. The van der Waals surface area contributed by atoms with Gasteiger partial charge < -0.3 is 15.6 Å². The van der Waals surface area contributed by atoms with Crippen LogP contribution in [-0.2, 0) is 17.8 Å². The summed E-state index contributed by atoms with van der Waals surface area (Å²) in [5.41, 5.74) is 5.96. The van der Waals surface area contributed by atoms with Gasteiger partial charge in [-0.1, -0.05) is 0 Å². The van der Waals surface area contributed by atoms with Crippen LogP contribution in [0.2, 0.25) is 0 Å². The van der Waals surface area contributed by atoms with Gasteiger partial charge in [-0.2, -0.15) is 0 Å². The first-order valence-corrected chi connectivity index (χ1v) is 6.46. The number of fused-ring (bicyclic) bond motifs is 1. The van der Waals surface area contributed by atoms with Crippen LogP contribution in [0.5, 0.6) is 0 Å². The Balaban J connectivity index is 2.11. The first-order valence-electron chi connectivity index (χ1n) is 6.46. The molecule has 0 bridgehead atoms. The Morgan fingerprint density at radius 2 is 2.10 bits per heavy atom. The summed E-state index contributed by atoms with van der Waals surface area (Å²) in [6.07, 6.45) is 3.49. The molecule has 1 aromatic rings. The minimum atomic E-state index is -0.279. The van der Waals surface area contributed by atoms with Crippen LogP contribution in [0.25, 0.3) is 0 Å². The number of anilines is 1. The summed E-state index contributed by atoms with van der Waals surface area (Å²) in [5.74, 6) is 0.346. The molecular weight excluding hydrogens is 274 g/mol. The smallest absolute Gasteiger partial charge is 0.294 e. The molecule has 0 saturated heterocycles. The Labute approximate surface area is 119 Å². The highest BCUT2D eigenvalue weighted by atomic mass is 16.5. The standard InChI is InChI=1S/C13H15N5O3/c1-21-10-6-8(9(19)5-7(10)14)16-11-12(15)17-3-2-4-18(17)13(11)20/h5-6,14,19H,2-4,15H2,1H3. The Hall–Kier alpha value is -2.77. The molecule has 0 unspecified atom stereocenters. The molecule has 4 N–H and O–H groups in total. The van der Waals surface area contributed by atoms with Gasteiger partial charge in [0.2, 0.25) is 0 Å². The van der Waals surface area contributed by atoms with Gasteiger partial charge in [0, 0.05) is 25.2 Å². The third-order valence-electron chi connectivity index (χ3n) is 3.52. The molecule has 0 radical (unpaired) electrons. The molecule has 1 aromatic heterocycles. The summed E-state index contributed by atoms with van der Waals surface area (Å²) >= 11 is 0.